The summed E-state index contributed by atoms with van der Waals surface area (Å²) in [5, 5.41) is 2.90. The van der Waals surface area contributed by atoms with Crippen LogP contribution in [0.3, 0.4) is 0 Å². The first-order valence-electron chi connectivity index (χ1n) is 1.96. The Morgan fingerprint density at radius 1 is 1.57 bits per heavy atom. The van der Waals surface area contributed by atoms with Gasteiger partial charge in [0.25, 0.3) is 0 Å². The van der Waals surface area contributed by atoms with Crippen LogP contribution >= 0.6 is 12.4 Å². The Hall–Kier alpha value is -0.190. The van der Waals surface area contributed by atoms with Crippen LogP contribution in [-0.4, -0.2) is 13.6 Å². The lowest BCUT2D eigenvalue weighted by Crippen LogP contribution is -2.03. The van der Waals surface area contributed by atoms with Gasteiger partial charge in [-0.3, -0.25) is 0 Å². The van der Waals surface area contributed by atoms with E-state index >= 15 is 0 Å². The van der Waals surface area contributed by atoms with Crippen LogP contribution in [0.4, 0.5) is 0 Å². The molecule has 0 bridgehead atoms. The molecule has 0 aliphatic heterocycles. The van der Waals surface area contributed by atoms with Gasteiger partial charge >= 0.3 is 0 Å². The van der Waals surface area contributed by atoms with Crippen molar-refractivity contribution in [3.8, 4) is 11.8 Å². The quantitative estimate of drug-likeness (QED) is 0.500. The van der Waals surface area contributed by atoms with Gasteiger partial charge in [0.1, 0.15) is 0 Å². The lowest BCUT2D eigenvalue weighted by Gasteiger charge is -1.78. The molecule has 0 rings (SSSR count). The molecule has 0 saturated carbocycles. The lowest BCUT2D eigenvalue weighted by atomic mass is 10.6. The van der Waals surface area contributed by atoms with E-state index in [0.29, 0.717) is 0 Å². The Balaban J connectivity index is 0. The highest BCUT2D eigenvalue weighted by Gasteiger charge is 1.59. The van der Waals surface area contributed by atoms with Gasteiger partial charge in [-0.1, -0.05) is 5.92 Å². The smallest absolute Gasteiger partial charge is 0.0573 e. The van der Waals surface area contributed by atoms with Crippen LogP contribution in [-0.2, 0) is 0 Å². The Bertz CT molecular complexity index is 69.9. The fourth-order valence-electron chi connectivity index (χ4n) is 0.177. The van der Waals surface area contributed by atoms with Gasteiger partial charge in [-0.25, -0.2) is 0 Å². The molecule has 0 aliphatic carbocycles. The highest BCUT2D eigenvalue weighted by Crippen LogP contribution is 1.46. The van der Waals surface area contributed by atoms with Gasteiger partial charge in [0.15, 0.2) is 0 Å². The first-order chi connectivity index (χ1) is 2.91. The number of halogens is 1. The fraction of sp³-hybridized carbons (Fsp3) is 0.600. The molecule has 7 heavy (non-hydrogen) atoms. The molecule has 0 aromatic rings. The van der Waals surface area contributed by atoms with Gasteiger partial charge in [0.05, 0.1) is 6.54 Å². The molecule has 0 saturated heterocycles. The summed E-state index contributed by atoms with van der Waals surface area (Å²) in [6.07, 6.45) is 0. The van der Waals surface area contributed by atoms with Crippen LogP contribution in [0.1, 0.15) is 6.92 Å². The molecular formula is C5H10ClN. The number of nitrogens with one attached hydrogen (secondary N) is 1. The standard InChI is InChI=1S/C5H9N.ClH/c1-3-4-5-6-2;/h6H,5H2,1-2H3;1H. The van der Waals surface area contributed by atoms with Gasteiger partial charge < -0.3 is 5.32 Å². The van der Waals surface area contributed by atoms with E-state index in [1.165, 1.54) is 0 Å². The van der Waals surface area contributed by atoms with E-state index in [0.717, 1.165) is 6.54 Å². The van der Waals surface area contributed by atoms with Crippen molar-refractivity contribution in [1.82, 2.24) is 5.32 Å². The predicted octanol–water partition coefficient (Wildman–Crippen LogP) is 0.651. The lowest BCUT2D eigenvalue weighted by molar-refractivity contribution is 0.938. The van der Waals surface area contributed by atoms with Gasteiger partial charge in [-0.2, -0.15) is 0 Å². The van der Waals surface area contributed by atoms with Crippen molar-refractivity contribution in [3.63, 3.8) is 0 Å². The molecule has 0 radical (unpaired) electrons. The normalized spacial score (nSPS) is 5.43. The summed E-state index contributed by atoms with van der Waals surface area (Å²) in [6, 6.07) is 0. The van der Waals surface area contributed by atoms with Gasteiger partial charge in [0, 0.05) is 0 Å². The van der Waals surface area contributed by atoms with Gasteiger partial charge in [-0.05, 0) is 14.0 Å². The van der Waals surface area contributed by atoms with E-state index in [1.807, 2.05) is 14.0 Å². The average molecular weight is 120 g/mol. The van der Waals surface area contributed by atoms with Crippen molar-refractivity contribution in [2.75, 3.05) is 13.6 Å². The predicted molar refractivity (Wildman–Crippen MR) is 34.6 cm³/mol. The molecule has 1 N–H and O–H groups in total. The molecule has 0 atom stereocenters. The van der Waals surface area contributed by atoms with Crippen molar-refractivity contribution in [3.05, 3.63) is 0 Å². The maximum Gasteiger partial charge on any atom is 0.0573 e. The number of hydrogen-bond acceptors (Lipinski definition) is 1. The molecule has 2 heteroatoms. The monoisotopic (exact) mass is 119 g/mol. The van der Waals surface area contributed by atoms with Gasteiger partial charge in [0.2, 0.25) is 0 Å². The first kappa shape index (κ1) is 9.94. The molecule has 0 aliphatic rings. The molecular weight excluding hydrogens is 110 g/mol. The Kier molecular flexibility index (Phi) is 13.1. The Morgan fingerprint density at radius 2 is 2.14 bits per heavy atom. The fourth-order valence-corrected chi connectivity index (χ4v) is 0.177. The number of rotatable bonds is 1. The SMILES string of the molecule is CC#CCNC.Cl. The summed E-state index contributed by atoms with van der Waals surface area (Å²) in [5.74, 6) is 5.59. The van der Waals surface area contributed by atoms with Crippen LogP contribution < -0.4 is 5.32 Å². The largest absolute Gasteiger partial charge is 0.309 e. The second kappa shape index (κ2) is 9.26. The third-order valence-electron chi connectivity index (χ3n) is 0.442. The van der Waals surface area contributed by atoms with Crippen molar-refractivity contribution in [2.45, 2.75) is 6.92 Å². The zero-order chi connectivity index (χ0) is 4.83. The van der Waals surface area contributed by atoms with E-state index in [4.69, 9.17) is 0 Å². The molecule has 0 heterocycles. The van der Waals surface area contributed by atoms with E-state index < -0.39 is 0 Å². The average Bonchev–Trinajstić information content (AvgIpc) is 1.61. The van der Waals surface area contributed by atoms with Crippen LogP contribution in [0.5, 0.6) is 0 Å². The van der Waals surface area contributed by atoms with E-state index in [-0.39, 0.29) is 12.4 Å². The van der Waals surface area contributed by atoms with Crippen molar-refractivity contribution in [1.29, 1.82) is 0 Å². The van der Waals surface area contributed by atoms with Crippen LogP contribution in [0, 0.1) is 11.8 Å². The Morgan fingerprint density at radius 3 is 2.29 bits per heavy atom. The molecule has 1 nitrogen and oxygen atoms in total. The molecule has 42 valence electrons. The molecule has 0 aromatic heterocycles. The first-order valence-corrected chi connectivity index (χ1v) is 1.96. The highest BCUT2D eigenvalue weighted by atomic mass is 35.5. The van der Waals surface area contributed by atoms with Crippen molar-refractivity contribution < 1.29 is 0 Å². The summed E-state index contributed by atoms with van der Waals surface area (Å²) in [5.41, 5.74) is 0. The molecule has 0 amide bonds. The summed E-state index contributed by atoms with van der Waals surface area (Å²) < 4.78 is 0. The summed E-state index contributed by atoms with van der Waals surface area (Å²) in [6.45, 7) is 2.63. The summed E-state index contributed by atoms with van der Waals surface area (Å²) >= 11 is 0. The minimum Gasteiger partial charge on any atom is -0.309 e. The zero-order valence-electron chi connectivity index (χ0n) is 4.62. The van der Waals surface area contributed by atoms with E-state index in [1.54, 1.807) is 0 Å². The van der Waals surface area contributed by atoms with Crippen LogP contribution in [0.2, 0.25) is 0 Å². The Labute approximate surface area is 50.9 Å². The van der Waals surface area contributed by atoms with Crippen LogP contribution in [0.25, 0.3) is 0 Å². The molecule has 0 unspecified atom stereocenters. The number of hydrogen-bond donors (Lipinski definition) is 1. The minimum absolute atomic E-state index is 0. The zero-order valence-corrected chi connectivity index (χ0v) is 5.43. The highest BCUT2D eigenvalue weighted by molar-refractivity contribution is 5.85. The maximum absolute atomic E-state index is 2.90. The van der Waals surface area contributed by atoms with Crippen LogP contribution in [0.15, 0.2) is 0 Å². The van der Waals surface area contributed by atoms with Crippen molar-refractivity contribution >= 4 is 12.4 Å². The topological polar surface area (TPSA) is 12.0 Å². The summed E-state index contributed by atoms with van der Waals surface area (Å²) in [4.78, 5) is 0. The summed E-state index contributed by atoms with van der Waals surface area (Å²) in [7, 11) is 1.88. The molecule has 0 fully saturated rings. The molecule has 0 aromatic carbocycles. The maximum atomic E-state index is 2.90. The van der Waals surface area contributed by atoms with Gasteiger partial charge in [-0.15, -0.1) is 18.3 Å². The second-order valence-corrected chi connectivity index (χ2v) is 0.957. The minimum atomic E-state index is 0. The third-order valence-corrected chi connectivity index (χ3v) is 0.442. The third kappa shape index (κ3) is 10.7. The second-order valence-electron chi connectivity index (χ2n) is 0.957. The van der Waals surface area contributed by atoms with E-state index in [2.05, 4.69) is 17.2 Å². The van der Waals surface area contributed by atoms with Crippen molar-refractivity contribution in [2.24, 2.45) is 0 Å². The van der Waals surface area contributed by atoms with E-state index in [9.17, 15) is 0 Å². The molecule has 0 spiro atoms.